The topological polar surface area (TPSA) is 117 Å². The molecule has 0 fully saturated rings. The molecule has 0 aliphatic carbocycles. The average Bonchev–Trinajstić information content (AvgIpc) is 2.52. The summed E-state index contributed by atoms with van der Waals surface area (Å²) < 4.78 is 0. The van der Waals surface area contributed by atoms with Crippen molar-refractivity contribution in [2.24, 2.45) is 10.4 Å². The van der Waals surface area contributed by atoms with Crippen LogP contribution in [0.1, 0.15) is 10.4 Å². The molecule has 2 aromatic rings. The van der Waals surface area contributed by atoms with Crippen molar-refractivity contribution < 1.29 is 14.8 Å². The highest BCUT2D eigenvalue weighted by Crippen LogP contribution is 2.26. The van der Waals surface area contributed by atoms with Crippen molar-refractivity contribution in [3.8, 4) is 0 Å². The fraction of sp³-hybridized carbons (Fsp3) is 0. The van der Waals surface area contributed by atoms with E-state index in [9.17, 15) is 14.9 Å². The Morgan fingerprint density at radius 1 is 1.14 bits per heavy atom. The number of rotatable bonds is 5. The third-order valence-corrected chi connectivity index (χ3v) is 2.59. The third-order valence-electron chi connectivity index (χ3n) is 2.59. The molecule has 106 valence electrons. The molecule has 0 aliphatic rings. The SMILES string of the molecule is O=Nc1ccccc1/[N+]([O-])=N/Nc1ccc(C(=O)O)cc1. The number of hydrogen-bond donors (Lipinski definition) is 2. The smallest absolute Gasteiger partial charge is 0.335 e. The monoisotopic (exact) mass is 286 g/mol. The zero-order chi connectivity index (χ0) is 15.2. The molecule has 0 atom stereocenters. The predicted molar refractivity (Wildman–Crippen MR) is 74.6 cm³/mol. The number of para-hydroxylation sites is 1. The van der Waals surface area contributed by atoms with Gasteiger partial charge in [0.1, 0.15) is 5.69 Å². The summed E-state index contributed by atoms with van der Waals surface area (Å²) in [5.74, 6) is -1.05. The number of carbonyl (C=O) groups is 1. The van der Waals surface area contributed by atoms with Gasteiger partial charge in [-0.2, -0.15) is 0 Å². The highest BCUT2D eigenvalue weighted by Gasteiger charge is 2.07. The first-order chi connectivity index (χ1) is 10.1. The number of benzene rings is 2. The zero-order valence-electron chi connectivity index (χ0n) is 10.6. The van der Waals surface area contributed by atoms with Gasteiger partial charge in [-0.15, -0.1) is 15.2 Å². The highest BCUT2D eigenvalue weighted by molar-refractivity contribution is 5.87. The van der Waals surface area contributed by atoms with Crippen molar-refractivity contribution in [2.75, 3.05) is 5.43 Å². The Labute approximate surface area is 118 Å². The second-order valence-electron chi connectivity index (χ2n) is 3.95. The lowest BCUT2D eigenvalue weighted by atomic mass is 10.2. The summed E-state index contributed by atoms with van der Waals surface area (Å²) in [6.45, 7) is 0. The fourth-order valence-electron chi connectivity index (χ4n) is 1.55. The summed E-state index contributed by atoms with van der Waals surface area (Å²) in [6, 6.07) is 11.6. The van der Waals surface area contributed by atoms with Crippen LogP contribution in [0.15, 0.2) is 58.9 Å². The molecule has 0 aromatic heterocycles. The van der Waals surface area contributed by atoms with E-state index in [0.29, 0.717) is 5.69 Å². The number of nitrogens with zero attached hydrogens (tertiary/aromatic N) is 3. The van der Waals surface area contributed by atoms with Gasteiger partial charge in [0.2, 0.25) is 0 Å². The minimum atomic E-state index is -1.05. The molecule has 0 aliphatic heterocycles. The molecule has 8 heteroatoms. The van der Waals surface area contributed by atoms with Crippen LogP contribution in [-0.2, 0) is 0 Å². The molecule has 8 nitrogen and oxygen atoms in total. The molecule has 2 N–H and O–H groups in total. The maximum Gasteiger partial charge on any atom is 0.335 e. The molecule has 0 radical (unpaired) electrons. The molecule has 0 saturated heterocycles. The molecule has 0 unspecified atom stereocenters. The first-order valence-corrected chi connectivity index (χ1v) is 5.81. The van der Waals surface area contributed by atoms with Gasteiger partial charge in [-0.05, 0) is 41.6 Å². The molecule has 2 aromatic carbocycles. The van der Waals surface area contributed by atoms with Gasteiger partial charge in [0.25, 0.3) is 0 Å². The number of aromatic carboxylic acids is 1. The van der Waals surface area contributed by atoms with Crippen molar-refractivity contribution in [3.63, 3.8) is 0 Å². The second-order valence-corrected chi connectivity index (χ2v) is 3.95. The molecule has 0 amide bonds. The van der Waals surface area contributed by atoms with E-state index < -0.39 is 5.97 Å². The maximum atomic E-state index is 11.8. The Balaban J connectivity index is 2.16. The Kier molecular flexibility index (Phi) is 4.20. The number of hydrogen-bond acceptors (Lipinski definition) is 5. The lowest BCUT2D eigenvalue weighted by molar-refractivity contribution is -0.438. The van der Waals surface area contributed by atoms with Crippen LogP contribution in [-0.4, -0.2) is 15.9 Å². The summed E-state index contributed by atoms with van der Waals surface area (Å²) in [7, 11) is 0. The molecule has 0 bridgehead atoms. The third kappa shape index (κ3) is 3.38. The van der Waals surface area contributed by atoms with Crippen molar-refractivity contribution >= 4 is 23.0 Å². The molecule has 21 heavy (non-hydrogen) atoms. The van der Waals surface area contributed by atoms with Crippen LogP contribution < -0.4 is 5.43 Å². The minimum Gasteiger partial charge on any atom is -0.691 e. The summed E-state index contributed by atoms with van der Waals surface area (Å²) in [6.07, 6.45) is 0. The van der Waals surface area contributed by atoms with E-state index in [0.717, 1.165) is 0 Å². The lowest BCUT2D eigenvalue weighted by Gasteiger charge is -2.06. The zero-order valence-corrected chi connectivity index (χ0v) is 10.6. The maximum absolute atomic E-state index is 11.8. The van der Waals surface area contributed by atoms with Gasteiger partial charge in [-0.3, -0.25) is 0 Å². The number of nitroso groups, excluding NO2 is 1. The van der Waals surface area contributed by atoms with Crippen LogP contribution in [0, 0.1) is 10.1 Å². The molecule has 0 saturated carbocycles. The lowest BCUT2D eigenvalue weighted by Crippen LogP contribution is -1.99. The predicted octanol–water partition coefficient (Wildman–Crippen LogP) is 3.40. The van der Waals surface area contributed by atoms with Crippen molar-refractivity contribution in [1.29, 1.82) is 0 Å². The van der Waals surface area contributed by atoms with Gasteiger partial charge < -0.3 is 10.3 Å². The largest absolute Gasteiger partial charge is 0.691 e. The molecule has 0 heterocycles. The van der Waals surface area contributed by atoms with E-state index in [1.165, 1.54) is 36.4 Å². The number of carboxylic acids is 1. The summed E-state index contributed by atoms with van der Waals surface area (Å²) in [5, 5.41) is 26.8. The number of nitrogens with one attached hydrogen (secondary N) is 1. The van der Waals surface area contributed by atoms with Crippen LogP contribution in [0.5, 0.6) is 0 Å². The summed E-state index contributed by atoms with van der Waals surface area (Å²) >= 11 is 0. The van der Waals surface area contributed by atoms with Gasteiger partial charge in [-0.1, -0.05) is 12.1 Å². The van der Waals surface area contributed by atoms with E-state index in [2.05, 4.69) is 15.8 Å². The molecular formula is C13H10N4O4. The normalized spacial score (nSPS) is 11.0. The standard InChI is InChI=1S/C13H10N4O4/c18-13(19)9-5-7-10(8-6-9)14-16-17(21)12-4-2-1-3-11(12)15-20/h1-8,14H,(H,18,19)/b17-16-. The van der Waals surface area contributed by atoms with Gasteiger partial charge >= 0.3 is 5.97 Å². The first-order valence-electron chi connectivity index (χ1n) is 5.81. The summed E-state index contributed by atoms with van der Waals surface area (Å²) in [5.41, 5.74) is 2.98. The second kappa shape index (κ2) is 6.24. The van der Waals surface area contributed by atoms with E-state index in [1.54, 1.807) is 12.1 Å². The Hall–Kier alpha value is -3.29. The summed E-state index contributed by atoms with van der Waals surface area (Å²) in [4.78, 5) is 21.5. The van der Waals surface area contributed by atoms with Gasteiger partial charge in [-0.25, -0.2) is 4.79 Å². The minimum absolute atomic E-state index is 0.00200. The van der Waals surface area contributed by atoms with Gasteiger partial charge in [0, 0.05) is 0 Å². The average molecular weight is 286 g/mol. The van der Waals surface area contributed by atoms with Gasteiger partial charge in [0.05, 0.1) is 10.8 Å². The van der Waals surface area contributed by atoms with Crippen molar-refractivity contribution in [2.45, 2.75) is 0 Å². The Bertz CT molecular complexity index is 698. The number of anilines is 1. The van der Waals surface area contributed by atoms with Crippen LogP contribution in [0.3, 0.4) is 0 Å². The van der Waals surface area contributed by atoms with Crippen LogP contribution in [0.25, 0.3) is 0 Å². The van der Waals surface area contributed by atoms with E-state index in [1.807, 2.05) is 0 Å². The quantitative estimate of drug-likeness (QED) is 0.378. The fourth-order valence-corrected chi connectivity index (χ4v) is 1.55. The molecular weight excluding hydrogens is 276 g/mol. The van der Waals surface area contributed by atoms with Crippen molar-refractivity contribution in [3.05, 3.63) is 64.2 Å². The molecule has 0 spiro atoms. The van der Waals surface area contributed by atoms with Crippen LogP contribution >= 0.6 is 0 Å². The molecule has 2 rings (SSSR count). The number of carboxylic acid groups (broad SMARTS) is 1. The highest BCUT2D eigenvalue weighted by atomic mass is 16.5. The van der Waals surface area contributed by atoms with Crippen LogP contribution in [0.2, 0.25) is 0 Å². The van der Waals surface area contributed by atoms with E-state index >= 15 is 0 Å². The Morgan fingerprint density at radius 2 is 1.81 bits per heavy atom. The first kappa shape index (κ1) is 14.1. The van der Waals surface area contributed by atoms with E-state index in [4.69, 9.17) is 5.11 Å². The van der Waals surface area contributed by atoms with Crippen molar-refractivity contribution in [1.82, 2.24) is 0 Å². The van der Waals surface area contributed by atoms with Crippen LogP contribution in [0.4, 0.5) is 17.1 Å². The van der Waals surface area contributed by atoms with E-state index in [-0.39, 0.29) is 21.8 Å². The van der Waals surface area contributed by atoms with Gasteiger partial charge in [0.15, 0.2) is 11.4 Å². The Morgan fingerprint density at radius 3 is 2.43 bits per heavy atom.